The molecule has 0 radical (unpaired) electrons. The van der Waals surface area contributed by atoms with Crippen molar-refractivity contribution in [1.82, 2.24) is 9.97 Å². The first-order valence-electron chi connectivity index (χ1n) is 8.67. The molecule has 0 atom stereocenters. The van der Waals surface area contributed by atoms with Crippen molar-refractivity contribution in [1.29, 1.82) is 5.26 Å². The number of hydrogen-bond acceptors (Lipinski definition) is 6. The Morgan fingerprint density at radius 1 is 1.21 bits per heavy atom. The number of imidazole rings is 1. The number of carbonyl (C=O) groups excluding carboxylic acids is 1. The van der Waals surface area contributed by atoms with Gasteiger partial charge in [0.2, 0.25) is 0 Å². The lowest BCUT2D eigenvalue weighted by Gasteiger charge is -2.05. The van der Waals surface area contributed by atoms with Crippen molar-refractivity contribution >= 4 is 28.7 Å². The Kier molecular flexibility index (Phi) is 5.92. The first kappa shape index (κ1) is 19.0. The highest BCUT2D eigenvalue weighted by Gasteiger charge is 2.09. The van der Waals surface area contributed by atoms with E-state index in [1.165, 1.54) is 0 Å². The largest absolute Gasteiger partial charge is 0.497 e. The van der Waals surface area contributed by atoms with Crippen molar-refractivity contribution in [3.05, 3.63) is 53.9 Å². The standard InChI is InChI=1S/C21H19N3O4/c1-3-27-20(25)13-28-16-6-4-14(5-7-16)10-15(12-22)21-23-18-9-8-17(26-2)11-19(18)24-21/h4-11H,3,13H2,1-2H3,(H,23,24)/b15-10-. The minimum atomic E-state index is -0.417. The van der Waals surface area contributed by atoms with E-state index in [2.05, 4.69) is 16.0 Å². The van der Waals surface area contributed by atoms with Crippen molar-refractivity contribution in [2.75, 3.05) is 20.3 Å². The van der Waals surface area contributed by atoms with Crippen LogP contribution in [0, 0.1) is 11.3 Å². The van der Waals surface area contributed by atoms with E-state index in [0.717, 1.165) is 16.6 Å². The lowest BCUT2D eigenvalue weighted by atomic mass is 10.1. The van der Waals surface area contributed by atoms with E-state index in [1.54, 1.807) is 44.4 Å². The summed E-state index contributed by atoms with van der Waals surface area (Å²) in [6, 6.07) is 14.7. The molecule has 0 unspecified atom stereocenters. The Hall–Kier alpha value is -3.79. The van der Waals surface area contributed by atoms with E-state index >= 15 is 0 Å². The summed E-state index contributed by atoms with van der Waals surface area (Å²) in [5.41, 5.74) is 2.74. The Bertz CT molecular complexity index is 1050. The summed E-state index contributed by atoms with van der Waals surface area (Å²) >= 11 is 0. The third-order valence-corrected chi connectivity index (χ3v) is 3.92. The van der Waals surface area contributed by atoms with Crippen LogP contribution in [0.2, 0.25) is 0 Å². The lowest BCUT2D eigenvalue weighted by Crippen LogP contribution is -2.14. The highest BCUT2D eigenvalue weighted by atomic mass is 16.6. The van der Waals surface area contributed by atoms with Crippen LogP contribution in [0.3, 0.4) is 0 Å². The molecule has 0 saturated carbocycles. The van der Waals surface area contributed by atoms with Crippen LogP contribution in [-0.2, 0) is 9.53 Å². The molecular weight excluding hydrogens is 358 g/mol. The molecule has 1 N–H and O–H groups in total. The number of nitrogens with zero attached hydrogens (tertiary/aromatic N) is 2. The Balaban J connectivity index is 1.77. The molecule has 7 heteroatoms. The number of nitrogens with one attached hydrogen (secondary N) is 1. The zero-order valence-electron chi connectivity index (χ0n) is 15.6. The molecule has 0 bridgehead atoms. The van der Waals surface area contributed by atoms with Crippen LogP contribution in [0.5, 0.6) is 11.5 Å². The second-order valence-electron chi connectivity index (χ2n) is 5.80. The first-order chi connectivity index (χ1) is 13.6. The van der Waals surface area contributed by atoms with E-state index in [-0.39, 0.29) is 6.61 Å². The van der Waals surface area contributed by atoms with Crippen molar-refractivity contribution in [2.45, 2.75) is 6.92 Å². The average molecular weight is 377 g/mol. The van der Waals surface area contributed by atoms with Gasteiger partial charge in [-0.05, 0) is 42.8 Å². The van der Waals surface area contributed by atoms with Crippen LogP contribution in [0.4, 0.5) is 0 Å². The monoisotopic (exact) mass is 377 g/mol. The Morgan fingerprint density at radius 3 is 2.64 bits per heavy atom. The maximum Gasteiger partial charge on any atom is 0.344 e. The van der Waals surface area contributed by atoms with Crippen LogP contribution in [0.25, 0.3) is 22.7 Å². The Morgan fingerprint density at radius 2 is 1.96 bits per heavy atom. The number of hydrogen-bond donors (Lipinski definition) is 1. The second kappa shape index (κ2) is 8.73. The number of H-pyrrole nitrogens is 1. The van der Waals surface area contributed by atoms with E-state index in [4.69, 9.17) is 14.2 Å². The molecule has 3 rings (SSSR count). The van der Waals surface area contributed by atoms with Gasteiger partial charge in [0.15, 0.2) is 6.61 Å². The molecular formula is C21H19N3O4. The summed E-state index contributed by atoms with van der Waals surface area (Å²) < 4.78 is 15.4. The van der Waals surface area contributed by atoms with Gasteiger partial charge in [0.05, 0.1) is 30.3 Å². The molecule has 0 fully saturated rings. The highest BCUT2D eigenvalue weighted by molar-refractivity contribution is 5.90. The van der Waals surface area contributed by atoms with E-state index < -0.39 is 5.97 Å². The third kappa shape index (κ3) is 4.48. The average Bonchev–Trinajstić information content (AvgIpc) is 3.14. The second-order valence-corrected chi connectivity index (χ2v) is 5.80. The van der Waals surface area contributed by atoms with Gasteiger partial charge < -0.3 is 19.2 Å². The number of esters is 1. The molecule has 0 spiro atoms. The number of benzene rings is 2. The van der Waals surface area contributed by atoms with Gasteiger partial charge in [-0.1, -0.05) is 12.1 Å². The number of rotatable bonds is 7. The fourth-order valence-corrected chi connectivity index (χ4v) is 2.57. The predicted molar refractivity (Wildman–Crippen MR) is 105 cm³/mol. The molecule has 0 aliphatic heterocycles. The summed E-state index contributed by atoms with van der Waals surface area (Å²) in [6.45, 7) is 1.91. The summed E-state index contributed by atoms with van der Waals surface area (Å²) in [4.78, 5) is 18.9. The Labute approximate surface area is 162 Å². The molecule has 0 saturated heterocycles. The predicted octanol–water partition coefficient (Wildman–Crippen LogP) is 3.58. The van der Waals surface area contributed by atoms with Gasteiger partial charge in [-0.25, -0.2) is 9.78 Å². The fraction of sp³-hybridized carbons (Fsp3) is 0.190. The van der Waals surface area contributed by atoms with Gasteiger partial charge >= 0.3 is 5.97 Å². The van der Waals surface area contributed by atoms with Crippen molar-refractivity contribution in [3.8, 4) is 17.6 Å². The van der Waals surface area contributed by atoms with Crippen LogP contribution in [-0.4, -0.2) is 36.3 Å². The quantitative estimate of drug-likeness (QED) is 0.499. The zero-order chi connectivity index (χ0) is 19.9. The normalized spacial score (nSPS) is 11.1. The van der Waals surface area contributed by atoms with E-state index in [1.807, 2.05) is 18.2 Å². The molecule has 2 aromatic carbocycles. The minimum Gasteiger partial charge on any atom is -0.497 e. The van der Waals surface area contributed by atoms with Crippen molar-refractivity contribution in [2.24, 2.45) is 0 Å². The number of nitriles is 1. The van der Waals surface area contributed by atoms with Crippen LogP contribution >= 0.6 is 0 Å². The molecule has 7 nitrogen and oxygen atoms in total. The van der Waals surface area contributed by atoms with Gasteiger partial charge in [0.1, 0.15) is 23.4 Å². The summed E-state index contributed by atoms with van der Waals surface area (Å²) in [6.07, 6.45) is 1.73. The molecule has 0 amide bonds. The minimum absolute atomic E-state index is 0.144. The SMILES string of the molecule is CCOC(=O)COc1ccc(/C=C(/C#N)c2nc3ccc(OC)cc3[nH]2)cc1. The van der Waals surface area contributed by atoms with Gasteiger partial charge in [-0.15, -0.1) is 0 Å². The maximum atomic E-state index is 11.3. The summed E-state index contributed by atoms with van der Waals surface area (Å²) in [7, 11) is 1.60. The fourth-order valence-electron chi connectivity index (χ4n) is 2.57. The molecule has 1 heterocycles. The molecule has 1 aromatic heterocycles. The van der Waals surface area contributed by atoms with Crippen molar-refractivity contribution in [3.63, 3.8) is 0 Å². The highest BCUT2D eigenvalue weighted by Crippen LogP contribution is 2.23. The maximum absolute atomic E-state index is 11.3. The molecule has 142 valence electrons. The number of fused-ring (bicyclic) bond motifs is 1. The lowest BCUT2D eigenvalue weighted by molar-refractivity contribution is -0.145. The van der Waals surface area contributed by atoms with Gasteiger partial charge in [0.25, 0.3) is 0 Å². The first-order valence-corrected chi connectivity index (χ1v) is 8.67. The van der Waals surface area contributed by atoms with E-state index in [9.17, 15) is 10.1 Å². The number of aromatic nitrogens is 2. The number of allylic oxidation sites excluding steroid dienone is 1. The van der Waals surface area contributed by atoms with Gasteiger partial charge in [-0.2, -0.15) is 5.26 Å². The topological polar surface area (TPSA) is 97.2 Å². The zero-order valence-corrected chi connectivity index (χ0v) is 15.6. The molecule has 0 aliphatic rings. The van der Waals surface area contributed by atoms with E-state index in [0.29, 0.717) is 29.5 Å². The molecule has 0 aliphatic carbocycles. The van der Waals surface area contributed by atoms with Crippen LogP contribution in [0.1, 0.15) is 18.3 Å². The summed E-state index contributed by atoms with van der Waals surface area (Å²) in [5.74, 6) is 1.32. The van der Waals surface area contributed by atoms with Crippen molar-refractivity contribution < 1.29 is 19.0 Å². The molecule has 28 heavy (non-hydrogen) atoms. The smallest absolute Gasteiger partial charge is 0.344 e. The summed E-state index contributed by atoms with van der Waals surface area (Å²) in [5, 5.41) is 9.54. The van der Waals surface area contributed by atoms with Crippen LogP contribution in [0.15, 0.2) is 42.5 Å². The van der Waals surface area contributed by atoms with Gasteiger partial charge in [-0.3, -0.25) is 0 Å². The van der Waals surface area contributed by atoms with Crippen LogP contribution < -0.4 is 9.47 Å². The third-order valence-electron chi connectivity index (χ3n) is 3.92. The number of ether oxygens (including phenoxy) is 3. The molecule has 3 aromatic rings. The number of methoxy groups -OCH3 is 1. The number of carbonyl (C=O) groups is 1. The van der Waals surface area contributed by atoms with Gasteiger partial charge in [0, 0.05) is 6.07 Å². The number of aromatic amines is 1.